The number of aliphatic carboxylic acids is 1. The third-order valence-electron chi connectivity index (χ3n) is 3.96. The number of amides is 2. The number of hydrogen-bond acceptors (Lipinski definition) is 6. The Morgan fingerprint density at radius 3 is 2.92 bits per heavy atom. The monoisotopic (exact) mass is 382 g/mol. The first-order valence-electron chi connectivity index (χ1n) is 7.82. The molecule has 2 N–H and O–H groups in total. The molecule has 0 spiro atoms. The lowest BCUT2D eigenvalue weighted by atomic mass is 10.0. The molecule has 1 aromatic heterocycles. The number of carbonyl (C=O) groups excluding carboxylic acids is 2. The van der Waals surface area contributed by atoms with Crippen LogP contribution in [-0.2, 0) is 25.5 Å². The number of ether oxygens (including phenoxy) is 1. The minimum Gasteiger partial charge on any atom is -0.477 e. The lowest BCUT2D eigenvalue weighted by molar-refractivity contribution is -0.150. The van der Waals surface area contributed by atoms with Crippen molar-refractivity contribution in [1.82, 2.24) is 10.2 Å². The molecule has 1 saturated heterocycles. The van der Waals surface area contributed by atoms with Crippen molar-refractivity contribution < 1.29 is 24.2 Å². The molecule has 0 aliphatic carbocycles. The van der Waals surface area contributed by atoms with Crippen LogP contribution in [0.4, 0.5) is 0 Å². The predicted molar refractivity (Wildman–Crippen MR) is 94.2 cm³/mol. The van der Waals surface area contributed by atoms with Gasteiger partial charge in [-0.3, -0.25) is 14.5 Å². The van der Waals surface area contributed by atoms with E-state index in [4.69, 9.17) is 4.74 Å². The smallest absolute Gasteiger partial charge is 0.352 e. The van der Waals surface area contributed by atoms with E-state index in [9.17, 15) is 19.5 Å². The summed E-state index contributed by atoms with van der Waals surface area (Å²) in [5, 5.41) is 13.7. The van der Waals surface area contributed by atoms with Crippen molar-refractivity contribution in [3.63, 3.8) is 0 Å². The molecule has 2 atom stereocenters. The van der Waals surface area contributed by atoms with Gasteiger partial charge >= 0.3 is 5.97 Å². The number of hydrogen-bond donors (Lipinski definition) is 2. The second-order valence-electron chi connectivity index (χ2n) is 5.61. The van der Waals surface area contributed by atoms with Gasteiger partial charge in [-0.1, -0.05) is 6.07 Å². The van der Waals surface area contributed by atoms with Crippen LogP contribution in [0.25, 0.3) is 0 Å². The van der Waals surface area contributed by atoms with Gasteiger partial charge in [0, 0.05) is 17.2 Å². The fourth-order valence-corrected chi connectivity index (χ4v) is 4.85. The molecule has 0 unspecified atom stereocenters. The zero-order chi connectivity index (χ0) is 18.0. The molecule has 3 heterocycles. The van der Waals surface area contributed by atoms with Gasteiger partial charge in [0.15, 0.2) is 0 Å². The molecule has 2 aliphatic rings. The summed E-state index contributed by atoms with van der Waals surface area (Å²) in [6, 6.07) is 3.05. The Bertz CT molecular complexity index is 716. The van der Waals surface area contributed by atoms with Crippen LogP contribution < -0.4 is 5.32 Å². The van der Waals surface area contributed by atoms with Gasteiger partial charge < -0.3 is 15.2 Å². The predicted octanol–water partition coefficient (Wildman–Crippen LogP) is 1.07. The highest BCUT2D eigenvalue weighted by atomic mass is 32.2. The first-order chi connectivity index (χ1) is 12.0. The Kier molecular flexibility index (Phi) is 5.45. The number of carboxylic acids is 1. The average Bonchev–Trinajstić information content (AvgIpc) is 3.09. The summed E-state index contributed by atoms with van der Waals surface area (Å²) in [4.78, 5) is 38.3. The van der Waals surface area contributed by atoms with Crippen molar-refractivity contribution >= 4 is 40.9 Å². The lowest BCUT2D eigenvalue weighted by Crippen LogP contribution is -2.70. The summed E-state index contributed by atoms with van der Waals surface area (Å²) in [6.45, 7) is 2.49. The van der Waals surface area contributed by atoms with Crippen LogP contribution in [0.1, 0.15) is 11.8 Å². The summed E-state index contributed by atoms with van der Waals surface area (Å²) in [6.07, 6.45) is 0.218. The number of nitrogens with one attached hydrogen (secondary N) is 1. The van der Waals surface area contributed by atoms with E-state index in [1.807, 2.05) is 24.4 Å². The van der Waals surface area contributed by atoms with E-state index < -0.39 is 12.0 Å². The Labute approximate surface area is 153 Å². The number of thioether (sulfide) groups is 1. The number of thiophene rings is 1. The van der Waals surface area contributed by atoms with E-state index in [0.29, 0.717) is 17.9 Å². The molecule has 134 valence electrons. The molecule has 0 radical (unpaired) electrons. The molecule has 0 saturated carbocycles. The van der Waals surface area contributed by atoms with E-state index in [2.05, 4.69) is 5.32 Å². The number of rotatable bonds is 7. The molecule has 0 bridgehead atoms. The van der Waals surface area contributed by atoms with Crippen LogP contribution >= 0.6 is 23.1 Å². The van der Waals surface area contributed by atoms with Crippen molar-refractivity contribution in [3.8, 4) is 0 Å². The average molecular weight is 382 g/mol. The second-order valence-corrected chi connectivity index (χ2v) is 7.74. The molecule has 2 amide bonds. The minimum atomic E-state index is -1.14. The van der Waals surface area contributed by atoms with Gasteiger partial charge in [-0.25, -0.2) is 4.79 Å². The largest absolute Gasteiger partial charge is 0.477 e. The van der Waals surface area contributed by atoms with Gasteiger partial charge in [-0.2, -0.15) is 0 Å². The quantitative estimate of drug-likeness (QED) is 0.685. The molecule has 7 nitrogen and oxygen atoms in total. The first kappa shape index (κ1) is 18.0. The molecule has 1 aromatic rings. The normalized spacial score (nSPS) is 22.4. The highest BCUT2D eigenvalue weighted by Crippen LogP contribution is 2.40. The fourth-order valence-electron chi connectivity index (χ4n) is 2.82. The van der Waals surface area contributed by atoms with Crippen molar-refractivity contribution in [1.29, 1.82) is 0 Å². The maximum Gasteiger partial charge on any atom is 0.352 e. The molecule has 2 aliphatic heterocycles. The van der Waals surface area contributed by atoms with Crippen molar-refractivity contribution in [2.24, 2.45) is 0 Å². The fraction of sp³-hybridized carbons (Fsp3) is 0.438. The number of nitrogens with zero attached hydrogens (tertiary/aromatic N) is 1. The van der Waals surface area contributed by atoms with Crippen molar-refractivity contribution in [2.75, 3.05) is 19.0 Å². The highest BCUT2D eigenvalue weighted by molar-refractivity contribution is 8.00. The van der Waals surface area contributed by atoms with Gasteiger partial charge in [-0.15, -0.1) is 23.1 Å². The van der Waals surface area contributed by atoms with Crippen LogP contribution in [0.15, 0.2) is 28.8 Å². The standard InChI is InChI=1S/C16H18N2O5S2/c1-2-23-7-9-8-25-15-12(14(20)18(15)13(9)16(21)22)17-11(19)6-10-4-3-5-24-10/h3-5,12,15H,2,6-8H2,1H3,(H,17,19)(H,21,22)/t12-,15-/m1/s1. The molecular formula is C16H18N2O5S2. The lowest BCUT2D eigenvalue weighted by Gasteiger charge is -2.49. The van der Waals surface area contributed by atoms with E-state index >= 15 is 0 Å². The minimum absolute atomic E-state index is 0.00837. The van der Waals surface area contributed by atoms with Gasteiger partial charge in [0.2, 0.25) is 5.91 Å². The summed E-state index contributed by atoms with van der Waals surface area (Å²) >= 11 is 2.93. The number of carboxylic acid groups (broad SMARTS) is 1. The third kappa shape index (κ3) is 3.58. The maximum atomic E-state index is 12.4. The number of carbonyl (C=O) groups is 3. The number of fused-ring (bicyclic) bond motifs is 1. The Hall–Kier alpha value is -1.84. The summed E-state index contributed by atoms with van der Waals surface area (Å²) in [5.74, 6) is -1.30. The zero-order valence-corrected chi connectivity index (χ0v) is 15.2. The van der Waals surface area contributed by atoms with Gasteiger partial charge in [-0.05, 0) is 23.9 Å². The van der Waals surface area contributed by atoms with Gasteiger partial charge in [0.25, 0.3) is 5.91 Å². The highest BCUT2D eigenvalue weighted by Gasteiger charge is 2.54. The van der Waals surface area contributed by atoms with Crippen molar-refractivity contribution in [2.45, 2.75) is 24.8 Å². The molecule has 25 heavy (non-hydrogen) atoms. The molecule has 3 rings (SSSR count). The van der Waals surface area contributed by atoms with Crippen LogP contribution in [0.2, 0.25) is 0 Å². The van der Waals surface area contributed by atoms with Crippen LogP contribution in [0.3, 0.4) is 0 Å². The zero-order valence-electron chi connectivity index (χ0n) is 13.6. The second kappa shape index (κ2) is 7.59. The summed E-state index contributed by atoms with van der Waals surface area (Å²) in [5.41, 5.74) is 0.582. The van der Waals surface area contributed by atoms with E-state index in [-0.39, 0.29) is 35.9 Å². The van der Waals surface area contributed by atoms with Gasteiger partial charge in [0.1, 0.15) is 17.1 Å². The van der Waals surface area contributed by atoms with Crippen molar-refractivity contribution in [3.05, 3.63) is 33.7 Å². The molecule has 1 fully saturated rings. The molecule has 0 aromatic carbocycles. The Balaban J connectivity index is 1.68. The third-order valence-corrected chi connectivity index (χ3v) is 6.18. The SMILES string of the molecule is CCOCC1=C(C(=O)O)N2C(=O)[C@@H](NC(=O)Cc3cccs3)[C@H]2SC1. The number of β-lactam (4-membered cyclic amide) rings is 1. The molecular weight excluding hydrogens is 364 g/mol. The van der Waals surface area contributed by atoms with E-state index in [1.54, 1.807) is 0 Å². The van der Waals surface area contributed by atoms with Crippen LogP contribution in [-0.4, -0.2) is 58.2 Å². The maximum absolute atomic E-state index is 12.4. The van der Waals surface area contributed by atoms with Crippen LogP contribution in [0, 0.1) is 0 Å². The summed E-state index contributed by atoms with van der Waals surface area (Å²) in [7, 11) is 0. The molecule has 9 heteroatoms. The summed E-state index contributed by atoms with van der Waals surface area (Å²) < 4.78 is 5.31. The van der Waals surface area contributed by atoms with E-state index in [0.717, 1.165) is 4.88 Å². The Morgan fingerprint density at radius 1 is 1.48 bits per heavy atom. The topological polar surface area (TPSA) is 95.9 Å². The Morgan fingerprint density at radius 2 is 2.28 bits per heavy atom. The van der Waals surface area contributed by atoms with Crippen LogP contribution in [0.5, 0.6) is 0 Å². The van der Waals surface area contributed by atoms with E-state index in [1.165, 1.54) is 28.0 Å². The first-order valence-corrected chi connectivity index (χ1v) is 9.75. The van der Waals surface area contributed by atoms with Gasteiger partial charge in [0.05, 0.1) is 13.0 Å².